The first kappa shape index (κ1) is 15.7. The van der Waals surface area contributed by atoms with Gasteiger partial charge in [-0.15, -0.1) is 0 Å². The van der Waals surface area contributed by atoms with Crippen LogP contribution < -0.4 is 5.32 Å². The maximum atomic E-state index is 3.71. The molecule has 0 aromatic heterocycles. The molecule has 1 N–H and O–H groups in total. The van der Waals surface area contributed by atoms with Crippen molar-refractivity contribution < 1.29 is 0 Å². The largest absolute Gasteiger partial charge is 0.308 e. The summed E-state index contributed by atoms with van der Waals surface area (Å²) in [4.78, 5) is 2.21. The highest BCUT2D eigenvalue weighted by atomic mass is 15.1. The van der Waals surface area contributed by atoms with Crippen molar-refractivity contribution in [2.75, 3.05) is 27.2 Å². The van der Waals surface area contributed by atoms with Crippen LogP contribution in [0.1, 0.15) is 28.3 Å². The molecular weight excluding hydrogens is 256 g/mol. The number of nitrogens with zero attached hydrogens (tertiary/aromatic N) is 1. The average molecular weight is 282 g/mol. The van der Waals surface area contributed by atoms with Crippen LogP contribution in [0.15, 0.2) is 48.5 Å². The topological polar surface area (TPSA) is 15.3 Å². The minimum absolute atomic E-state index is 0.256. The van der Waals surface area contributed by atoms with Gasteiger partial charge in [-0.1, -0.05) is 54.1 Å². The lowest BCUT2D eigenvalue weighted by Gasteiger charge is -2.23. The van der Waals surface area contributed by atoms with Gasteiger partial charge in [0.2, 0.25) is 0 Å². The fourth-order valence-electron chi connectivity index (χ4n) is 2.56. The van der Waals surface area contributed by atoms with Gasteiger partial charge in [-0.25, -0.2) is 0 Å². The van der Waals surface area contributed by atoms with Crippen molar-refractivity contribution >= 4 is 0 Å². The zero-order valence-corrected chi connectivity index (χ0v) is 13.6. The lowest BCUT2D eigenvalue weighted by molar-refractivity contribution is 0.392. The number of rotatable bonds is 6. The Morgan fingerprint density at radius 1 is 1.00 bits per heavy atom. The van der Waals surface area contributed by atoms with Gasteiger partial charge >= 0.3 is 0 Å². The average Bonchev–Trinajstić information content (AvgIpc) is 2.47. The highest BCUT2D eigenvalue weighted by molar-refractivity contribution is 5.39. The van der Waals surface area contributed by atoms with E-state index in [2.05, 4.69) is 86.7 Å². The highest BCUT2D eigenvalue weighted by Gasteiger charge is 2.15. The first-order valence-corrected chi connectivity index (χ1v) is 7.58. The smallest absolute Gasteiger partial charge is 0.0579 e. The first-order valence-electron chi connectivity index (χ1n) is 7.58. The molecule has 1 unspecified atom stereocenters. The molecule has 2 heteroatoms. The van der Waals surface area contributed by atoms with Crippen LogP contribution in [0, 0.1) is 13.8 Å². The number of aryl methyl sites for hydroxylation is 2. The van der Waals surface area contributed by atoms with Crippen molar-refractivity contribution in [1.29, 1.82) is 0 Å². The molecule has 0 amide bonds. The minimum atomic E-state index is 0.256. The van der Waals surface area contributed by atoms with Crippen molar-refractivity contribution in [1.82, 2.24) is 10.2 Å². The molecule has 0 aliphatic rings. The molecule has 0 saturated carbocycles. The maximum Gasteiger partial charge on any atom is 0.0579 e. The molecule has 2 aromatic rings. The van der Waals surface area contributed by atoms with E-state index in [1.165, 1.54) is 22.3 Å². The third-order valence-electron chi connectivity index (χ3n) is 3.79. The van der Waals surface area contributed by atoms with Gasteiger partial charge in [0, 0.05) is 13.1 Å². The Bertz CT molecular complexity index is 561. The van der Waals surface area contributed by atoms with E-state index in [4.69, 9.17) is 0 Å². The molecule has 112 valence electrons. The molecular formula is C19H26N2. The molecule has 1 atom stereocenters. The van der Waals surface area contributed by atoms with E-state index in [9.17, 15) is 0 Å². The molecule has 2 nitrogen and oxygen atoms in total. The van der Waals surface area contributed by atoms with Crippen molar-refractivity contribution in [3.05, 3.63) is 70.8 Å². The standard InChI is InChI=1S/C19H26N2/c1-15-10-11-16(2)18(14-15)19(20-12-13-21(3)4)17-8-6-5-7-9-17/h5-11,14,19-20H,12-13H2,1-4H3. The lowest BCUT2D eigenvalue weighted by atomic mass is 9.93. The monoisotopic (exact) mass is 282 g/mol. The Kier molecular flexibility index (Phi) is 5.54. The van der Waals surface area contributed by atoms with Crippen LogP contribution in [0.2, 0.25) is 0 Å². The third-order valence-corrected chi connectivity index (χ3v) is 3.79. The Morgan fingerprint density at radius 2 is 1.71 bits per heavy atom. The highest BCUT2D eigenvalue weighted by Crippen LogP contribution is 2.25. The van der Waals surface area contributed by atoms with Gasteiger partial charge in [-0.3, -0.25) is 0 Å². The van der Waals surface area contributed by atoms with Crippen molar-refractivity contribution in [2.45, 2.75) is 19.9 Å². The quantitative estimate of drug-likeness (QED) is 0.871. The molecule has 0 aliphatic carbocycles. The summed E-state index contributed by atoms with van der Waals surface area (Å²) < 4.78 is 0. The predicted octanol–water partition coefficient (Wildman–Crippen LogP) is 3.54. The molecule has 0 bridgehead atoms. The molecule has 0 aliphatic heterocycles. The number of nitrogens with one attached hydrogen (secondary N) is 1. The fraction of sp³-hybridized carbons (Fsp3) is 0.368. The Morgan fingerprint density at radius 3 is 2.38 bits per heavy atom. The minimum Gasteiger partial charge on any atom is -0.308 e. The number of likely N-dealkylation sites (N-methyl/N-ethyl adjacent to an activating group) is 1. The second kappa shape index (κ2) is 7.39. The van der Waals surface area contributed by atoms with Gasteiger partial charge in [0.05, 0.1) is 6.04 Å². The summed E-state index contributed by atoms with van der Waals surface area (Å²) in [5.74, 6) is 0. The zero-order valence-electron chi connectivity index (χ0n) is 13.6. The molecule has 2 aromatic carbocycles. The summed E-state index contributed by atoms with van der Waals surface area (Å²) in [6.45, 7) is 6.36. The van der Waals surface area contributed by atoms with Crippen molar-refractivity contribution in [2.24, 2.45) is 0 Å². The SMILES string of the molecule is Cc1ccc(C)c(C(NCCN(C)C)c2ccccc2)c1. The van der Waals surface area contributed by atoms with Gasteiger partial charge in [0.1, 0.15) is 0 Å². The Hall–Kier alpha value is -1.64. The molecule has 0 heterocycles. The van der Waals surface area contributed by atoms with Crippen LogP contribution in [0.3, 0.4) is 0 Å². The summed E-state index contributed by atoms with van der Waals surface area (Å²) in [5, 5.41) is 3.71. The molecule has 0 radical (unpaired) electrons. The summed E-state index contributed by atoms with van der Waals surface area (Å²) in [5.41, 5.74) is 5.35. The summed E-state index contributed by atoms with van der Waals surface area (Å²) in [6, 6.07) is 17.7. The van der Waals surface area contributed by atoms with Crippen LogP contribution >= 0.6 is 0 Å². The first-order chi connectivity index (χ1) is 10.1. The van der Waals surface area contributed by atoms with E-state index >= 15 is 0 Å². The normalized spacial score (nSPS) is 12.6. The Balaban J connectivity index is 2.29. The Labute approximate surface area is 128 Å². The third kappa shape index (κ3) is 4.42. The van der Waals surface area contributed by atoms with E-state index < -0.39 is 0 Å². The molecule has 0 saturated heterocycles. The van der Waals surface area contributed by atoms with Crippen LogP contribution in [-0.2, 0) is 0 Å². The van der Waals surface area contributed by atoms with Crippen molar-refractivity contribution in [3.63, 3.8) is 0 Å². The number of benzene rings is 2. The molecule has 0 spiro atoms. The molecule has 2 rings (SSSR count). The number of hydrogen-bond donors (Lipinski definition) is 1. The summed E-state index contributed by atoms with van der Waals surface area (Å²) in [7, 11) is 4.22. The lowest BCUT2D eigenvalue weighted by Crippen LogP contribution is -2.30. The predicted molar refractivity (Wildman–Crippen MR) is 90.8 cm³/mol. The van der Waals surface area contributed by atoms with Gasteiger partial charge in [-0.05, 0) is 44.6 Å². The van der Waals surface area contributed by atoms with Crippen LogP contribution in [-0.4, -0.2) is 32.1 Å². The fourth-order valence-corrected chi connectivity index (χ4v) is 2.56. The van der Waals surface area contributed by atoms with Gasteiger partial charge in [0.25, 0.3) is 0 Å². The van der Waals surface area contributed by atoms with Crippen LogP contribution in [0.5, 0.6) is 0 Å². The van der Waals surface area contributed by atoms with E-state index in [1.54, 1.807) is 0 Å². The van der Waals surface area contributed by atoms with E-state index in [1.807, 2.05) is 0 Å². The second-order valence-electron chi connectivity index (χ2n) is 5.96. The molecule has 21 heavy (non-hydrogen) atoms. The van der Waals surface area contributed by atoms with Crippen molar-refractivity contribution in [3.8, 4) is 0 Å². The number of hydrogen-bond acceptors (Lipinski definition) is 2. The van der Waals surface area contributed by atoms with Gasteiger partial charge in [-0.2, -0.15) is 0 Å². The zero-order chi connectivity index (χ0) is 15.2. The van der Waals surface area contributed by atoms with E-state index in [0.29, 0.717) is 0 Å². The van der Waals surface area contributed by atoms with Gasteiger partial charge in [0.15, 0.2) is 0 Å². The van der Waals surface area contributed by atoms with Gasteiger partial charge < -0.3 is 10.2 Å². The van der Waals surface area contributed by atoms with Crippen LogP contribution in [0.25, 0.3) is 0 Å². The summed E-state index contributed by atoms with van der Waals surface area (Å²) in [6.07, 6.45) is 0. The molecule has 0 fully saturated rings. The van der Waals surface area contributed by atoms with Crippen LogP contribution in [0.4, 0.5) is 0 Å². The summed E-state index contributed by atoms with van der Waals surface area (Å²) >= 11 is 0. The second-order valence-corrected chi connectivity index (χ2v) is 5.96. The van der Waals surface area contributed by atoms with E-state index in [-0.39, 0.29) is 6.04 Å². The maximum absolute atomic E-state index is 3.71. The van der Waals surface area contributed by atoms with E-state index in [0.717, 1.165) is 13.1 Å².